The molecule has 0 bridgehead atoms. The van der Waals surface area contributed by atoms with E-state index in [0.717, 1.165) is 11.7 Å². The fourth-order valence-corrected chi connectivity index (χ4v) is 1.49. The summed E-state index contributed by atoms with van der Waals surface area (Å²) >= 11 is 5.91. The number of benzene rings is 1. The molecule has 1 aromatic carbocycles. The Balaban J connectivity index is 2.92. The highest BCUT2D eigenvalue weighted by molar-refractivity contribution is 6.35. The summed E-state index contributed by atoms with van der Waals surface area (Å²) in [4.78, 5) is 14.8. The highest BCUT2D eigenvalue weighted by atomic mass is 35.5. The van der Waals surface area contributed by atoms with Crippen LogP contribution < -0.4 is 0 Å². The van der Waals surface area contributed by atoms with Gasteiger partial charge in [0.2, 0.25) is 0 Å². The molecule has 64 valence electrons. The molecule has 2 rings (SSSR count). The maximum atomic E-state index is 10.7. The highest BCUT2D eigenvalue weighted by Gasteiger charge is 2.02. The molecule has 0 N–H and O–H groups in total. The molecular weight excluding hydrogens is 186 g/mol. The zero-order valence-corrected chi connectivity index (χ0v) is 7.45. The van der Waals surface area contributed by atoms with Crippen molar-refractivity contribution in [1.82, 2.24) is 4.98 Å². The maximum absolute atomic E-state index is 10.7. The number of rotatable bonds is 1. The normalized spacial score (nSPS) is 10.2. The fraction of sp³-hybridized carbons (Fsp3) is 0. The van der Waals surface area contributed by atoms with E-state index in [1.807, 2.05) is 6.07 Å². The Labute approximate surface area is 80.2 Å². The Hall–Kier alpha value is -1.41. The number of nitrogens with zero attached hydrogens (tertiary/aromatic N) is 1. The summed E-state index contributed by atoms with van der Waals surface area (Å²) in [6.45, 7) is 0. The molecule has 0 spiro atoms. The van der Waals surface area contributed by atoms with Gasteiger partial charge in [0.15, 0.2) is 6.29 Å². The summed E-state index contributed by atoms with van der Waals surface area (Å²) in [6, 6.07) is 7.06. The van der Waals surface area contributed by atoms with E-state index in [1.165, 1.54) is 0 Å². The predicted octanol–water partition coefficient (Wildman–Crippen LogP) is 2.70. The van der Waals surface area contributed by atoms with Gasteiger partial charge in [-0.05, 0) is 12.1 Å². The zero-order chi connectivity index (χ0) is 9.26. The van der Waals surface area contributed by atoms with Crippen molar-refractivity contribution in [1.29, 1.82) is 0 Å². The van der Waals surface area contributed by atoms with Gasteiger partial charge < -0.3 is 0 Å². The van der Waals surface area contributed by atoms with Gasteiger partial charge in [0.25, 0.3) is 0 Å². The van der Waals surface area contributed by atoms with Crippen LogP contribution in [0, 0.1) is 0 Å². The maximum Gasteiger partial charge on any atom is 0.150 e. The summed E-state index contributed by atoms with van der Waals surface area (Å²) in [5, 5.41) is 1.37. The molecule has 0 aliphatic carbocycles. The van der Waals surface area contributed by atoms with Crippen LogP contribution in [0.3, 0.4) is 0 Å². The van der Waals surface area contributed by atoms with Crippen molar-refractivity contribution < 1.29 is 4.79 Å². The van der Waals surface area contributed by atoms with Gasteiger partial charge in [-0.25, -0.2) is 0 Å². The fourth-order valence-electron chi connectivity index (χ4n) is 1.26. The van der Waals surface area contributed by atoms with Gasteiger partial charge in [-0.2, -0.15) is 0 Å². The number of hydrogen-bond acceptors (Lipinski definition) is 2. The van der Waals surface area contributed by atoms with Crippen LogP contribution in [0.5, 0.6) is 0 Å². The van der Waals surface area contributed by atoms with Crippen molar-refractivity contribution >= 4 is 28.8 Å². The lowest BCUT2D eigenvalue weighted by Crippen LogP contribution is -1.86. The second kappa shape index (κ2) is 3.15. The second-order valence-electron chi connectivity index (χ2n) is 2.65. The Bertz CT molecular complexity index is 467. The van der Waals surface area contributed by atoms with E-state index in [4.69, 9.17) is 11.6 Å². The van der Waals surface area contributed by atoms with Crippen molar-refractivity contribution in [2.24, 2.45) is 0 Å². The SMILES string of the molecule is O=Cc1ccnc2c(Cl)cccc12. The number of halogens is 1. The summed E-state index contributed by atoms with van der Waals surface area (Å²) in [7, 11) is 0. The number of carbonyl (C=O) groups is 1. The Morgan fingerprint density at radius 3 is 2.92 bits per heavy atom. The third kappa shape index (κ3) is 1.29. The van der Waals surface area contributed by atoms with Crippen LogP contribution in [0.15, 0.2) is 30.5 Å². The molecule has 0 saturated carbocycles. The van der Waals surface area contributed by atoms with E-state index in [1.54, 1.807) is 24.4 Å². The number of aromatic nitrogens is 1. The van der Waals surface area contributed by atoms with Crippen molar-refractivity contribution in [2.45, 2.75) is 0 Å². The third-order valence-corrected chi connectivity index (χ3v) is 2.19. The lowest BCUT2D eigenvalue weighted by Gasteiger charge is -2.00. The van der Waals surface area contributed by atoms with E-state index in [2.05, 4.69) is 4.98 Å². The predicted molar refractivity (Wildman–Crippen MR) is 52.1 cm³/mol. The first-order chi connectivity index (χ1) is 6.33. The Kier molecular flexibility index (Phi) is 1.99. The van der Waals surface area contributed by atoms with E-state index < -0.39 is 0 Å². The van der Waals surface area contributed by atoms with Gasteiger partial charge in [0.1, 0.15) is 0 Å². The summed E-state index contributed by atoms with van der Waals surface area (Å²) in [5.74, 6) is 0. The molecule has 0 atom stereocenters. The minimum atomic E-state index is 0.571. The number of para-hydroxylation sites is 1. The quantitative estimate of drug-likeness (QED) is 0.649. The zero-order valence-electron chi connectivity index (χ0n) is 6.70. The smallest absolute Gasteiger partial charge is 0.150 e. The standard InChI is InChI=1S/C10H6ClNO/c11-9-3-1-2-8-7(6-13)4-5-12-10(8)9/h1-6H. The molecule has 1 aromatic heterocycles. The van der Waals surface area contributed by atoms with Crippen molar-refractivity contribution in [2.75, 3.05) is 0 Å². The first-order valence-corrected chi connectivity index (χ1v) is 4.19. The van der Waals surface area contributed by atoms with Crippen LogP contribution in [-0.4, -0.2) is 11.3 Å². The van der Waals surface area contributed by atoms with Gasteiger partial charge in [-0.15, -0.1) is 0 Å². The van der Waals surface area contributed by atoms with Crippen LogP contribution in [0.2, 0.25) is 5.02 Å². The summed E-state index contributed by atoms with van der Waals surface area (Å²) in [6.07, 6.45) is 2.39. The lowest BCUT2D eigenvalue weighted by molar-refractivity contribution is 0.112. The molecule has 0 radical (unpaired) electrons. The largest absolute Gasteiger partial charge is 0.298 e. The minimum Gasteiger partial charge on any atom is -0.298 e. The molecule has 0 aliphatic heterocycles. The first kappa shape index (κ1) is 8.20. The molecule has 0 saturated heterocycles. The molecule has 1 heterocycles. The number of hydrogen-bond donors (Lipinski definition) is 0. The van der Waals surface area contributed by atoms with E-state index in [9.17, 15) is 4.79 Å². The van der Waals surface area contributed by atoms with Gasteiger partial charge >= 0.3 is 0 Å². The third-order valence-electron chi connectivity index (χ3n) is 1.88. The van der Waals surface area contributed by atoms with Crippen molar-refractivity contribution in [3.05, 3.63) is 41.0 Å². The molecule has 2 aromatic rings. The monoisotopic (exact) mass is 191 g/mol. The van der Waals surface area contributed by atoms with Crippen LogP contribution in [-0.2, 0) is 0 Å². The van der Waals surface area contributed by atoms with Crippen LogP contribution >= 0.6 is 11.6 Å². The van der Waals surface area contributed by atoms with Gasteiger partial charge in [-0.3, -0.25) is 9.78 Å². The van der Waals surface area contributed by atoms with Gasteiger partial charge in [-0.1, -0.05) is 23.7 Å². The molecule has 13 heavy (non-hydrogen) atoms. The highest BCUT2D eigenvalue weighted by Crippen LogP contribution is 2.22. The minimum absolute atomic E-state index is 0.571. The molecule has 0 fully saturated rings. The van der Waals surface area contributed by atoms with E-state index >= 15 is 0 Å². The second-order valence-corrected chi connectivity index (χ2v) is 3.06. The first-order valence-electron chi connectivity index (χ1n) is 3.81. The number of aldehydes is 1. The number of pyridine rings is 1. The van der Waals surface area contributed by atoms with Crippen molar-refractivity contribution in [3.63, 3.8) is 0 Å². The molecule has 2 nitrogen and oxygen atoms in total. The Morgan fingerprint density at radius 2 is 2.15 bits per heavy atom. The summed E-state index contributed by atoms with van der Waals surface area (Å²) in [5.41, 5.74) is 1.29. The molecular formula is C10H6ClNO. The van der Waals surface area contributed by atoms with Crippen LogP contribution in [0.25, 0.3) is 10.9 Å². The topological polar surface area (TPSA) is 30.0 Å². The average Bonchev–Trinajstić information content (AvgIpc) is 2.18. The molecule has 0 amide bonds. The van der Waals surface area contributed by atoms with E-state index in [0.29, 0.717) is 16.1 Å². The van der Waals surface area contributed by atoms with Gasteiger partial charge in [0.05, 0.1) is 10.5 Å². The van der Waals surface area contributed by atoms with Crippen molar-refractivity contribution in [3.8, 4) is 0 Å². The molecule has 0 unspecified atom stereocenters. The summed E-state index contributed by atoms with van der Waals surface area (Å²) < 4.78 is 0. The molecule has 0 aliphatic rings. The molecule has 3 heteroatoms. The lowest BCUT2D eigenvalue weighted by atomic mass is 10.1. The Morgan fingerprint density at radius 1 is 1.31 bits per heavy atom. The van der Waals surface area contributed by atoms with Crippen LogP contribution in [0.4, 0.5) is 0 Å². The van der Waals surface area contributed by atoms with Gasteiger partial charge in [0, 0.05) is 17.1 Å². The number of carbonyl (C=O) groups excluding carboxylic acids is 1. The average molecular weight is 192 g/mol. The van der Waals surface area contributed by atoms with E-state index in [-0.39, 0.29) is 0 Å². The number of fused-ring (bicyclic) bond motifs is 1. The van der Waals surface area contributed by atoms with Crippen LogP contribution in [0.1, 0.15) is 10.4 Å².